The van der Waals surface area contributed by atoms with Gasteiger partial charge in [0, 0.05) is 25.2 Å². The Balaban J connectivity index is 2.03. The average Bonchev–Trinajstić information content (AvgIpc) is 2.82. The van der Waals surface area contributed by atoms with Crippen molar-refractivity contribution in [3.05, 3.63) is 29.8 Å². The SMILES string of the molecule is C[C@@H](N)C(=O)NCc1cccc(N2CCCC2=O)c1. The van der Waals surface area contributed by atoms with Gasteiger partial charge in [0.1, 0.15) is 0 Å². The molecule has 5 nitrogen and oxygen atoms in total. The molecule has 1 aliphatic heterocycles. The first-order chi connectivity index (χ1) is 9.08. The van der Waals surface area contributed by atoms with Gasteiger partial charge in [0.2, 0.25) is 11.8 Å². The maximum atomic E-state index is 11.7. The predicted octanol–water partition coefficient (Wildman–Crippen LogP) is 0.777. The Hall–Kier alpha value is -1.88. The molecule has 0 unspecified atom stereocenters. The molecule has 1 saturated heterocycles. The van der Waals surface area contributed by atoms with Crippen LogP contribution in [0.1, 0.15) is 25.3 Å². The third kappa shape index (κ3) is 3.32. The van der Waals surface area contributed by atoms with Crippen molar-refractivity contribution in [2.24, 2.45) is 5.73 Å². The minimum absolute atomic E-state index is 0.164. The first kappa shape index (κ1) is 13.5. The highest BCUT2D eigenvalue weighted by molar-refractivity contribution is 5.95. The van der Waals surface area contributed by atoms with E-state index in [4.69, 9.17) is 5.73 Å². The number of rotatable bonds is 4. The largest absolute Gasteiger partial charge is 0.351 e. The lowest BCUT2D eigenvalue weighted by Gasteiger charge is -2.17. The molecular formula is C14H19N3O2. The molecule has 0 aromatic heterocycles. The summed E-state index contributed by atoms with van der Waals surface area (Å²) in [6.07, 6.45) is 1.52. The topological polar surface area (TPSA) is 75.4 Å². The molecule has 3 N–H and O–H groups in total. The van der Waals surface area contributed by atoms with Crippen molar-refractivity contribution in [3.8, 4) is 0 Å². The lowest BCUT2D eigenvalue weighted by molar-refractivity contribution is -0.122. The molecule has 0 saturated carbocycles. The second-order valence-corrected chi connectivity index (χ2v) is 4.83. The summed E-state index contributed by atoms with van der Waals surface area (Å²) in [5.74, 6) is -0.0144. The molecule has 2 rings (SSSR count). The van der Waals surface area contributed by atoms with E-state index >= 15 is 0 Å². The summed E-state index contributed by atoms with van der Waals surface area (Å²) in [7, 11) is 0. The van der Waals surface area contributed by atoms with Crippen molar-refractivity contribution in [1.82, 2.24) is 5.32 Å². The molecule has 0 bridgehead atoms. The zero-order valence-electron chi connectivity index (χ0n) is 11.1. The van der Waals surface area contributed by atoms with Crippen LogP contribution in [0, 0.1) is 0 Å². The smallest absolute Gasteiger partial charge is 0.236 e. The molecule has 1 fully saturated rings. The Morgan fingerprint density at radius 3 is 2.95 bits per heavy atom. The van der Waals surface area contributed by atoms with Gasteiger partial charge < -0.3 is 16.0 Å². The second-order valence-electron chi connectivity index (χ2n) is 4.83. The lowest BCUT2D eigenvalue weighted by atomic mass is 10.2. The van der Waals surface area contributed by atoms with Gasteiger partial charge in [-0.25, -0.2) is 0 Å². The molecule has 19 heavy (non-hydrogen) atoms. The van der Waals surface area contributed by atoms with E-state index in [0.29, 0.717) is 13.0 Å². The van der Waals surface area contributed by atoms with Crippen LogP contribution in [-0.4, -0.2) is 24.4 Å². The molecule has 102 valence electrons. The first-order valence-electron chi connectivity index (χ1n) is 6.50. The zero-order valence-corrected chi connectivity index (χ0v) is 11.1. The summed E-state index contributed by atoms with van der Waals surface area (Å²) in [6, 6.07) is 7.16. The molecule has 1 aromatic rings. The fourth-order valence-electron chi connectivity index (χ4n) is 2.11. The Bertz CT molecular complexity index is 485. The van der Waals surface area contributed by atoms with E-state index in [1.807, 2.05) is 24.3 Å². The number of amides is 2. The van der Waals surface area contributed by atoms with Crippen LogP contribution in [0.15, 0.2) is 24.3 Å². The number of hydrogen-bond donors (Lipinski definition) is 2. The molecular weight excluding hydrogens is 242 g/mol. The minimum Gasteiger partial charge on any atom is -0.351 e. The third-order valence-corrected chi connectivity index (χ3v) is 3.18. The van der Waals surface area contributed by atoms with Gasteiger partial charge in [-0.05, 0) is 31.0 Å². The van der Waals surface area contributed by atoms with Gasteiger partial charge in [0.05, 0.1) is 6.04 Å². The number of carbonyl (C=O) groups excluding carboxylic acids is 2. The Kier molecular flexibility index (Phi) is 4.16. The molecule has 2 amide bonds. The number of anilines is 1. The van der Waals surface area contributed by atoms with E-state index in [2.05, 4.69) is 5.32 Å². The van der Waals surface area contributed by atoms with E-state index in [-0.39, 0.29) is 11.8 Å². The lowest BCUT2D eigenvalue weighted by Crippen LogP contribution is -2.37. The summed E-state index contributed by atoms with van der Waals surface area (Å²) >= 11 is 0. The van der Waals surface area contributed by atoms with Crippen LogP contribution in [0.3, 0.4) is 0 Å². The van der Waals surface area contributed by atoms with E-state index in [1.54, 1.807) is 11.8 Å². The minimum atomic E-state index is -0.511. The summed E-state index contributed by atoms with van der Waals surface area (Å²) in [4.78, 5) is 24.9. The maximum Gasteiger partial charge on any atom is 0.236 e. The van der Waals surface area contributed by atoms with E-state index in [0.717, 1.165) is 24.2 Å². The fraction of sp³-hybridized carbons (Fsp3) is 0.429. The number of nitrogens with zero attached hydrogens (tertiary/aromatic N) is 1. The van der Waals surface area contributed by atoms with Gasteiger partial charge in [-0.1, -0.05) is 12.1 Å². The van der Waals surface area contributed by atoms with Gasteiger partial charge in [0.15, 0.2) is 0 Å². The maximum absolute atomic E-state index is 11.7. The summed E-state index contributed by atoms with van der Waals surface area (Å²) in [5, 5.41) is 2.76. The molecule has 0 radical (unpaired) electrons. The monoisotopic (exact) mass is 261 g/mol. The fourth-order valence-corrected chi connectivity index (χ4v) is 2.11. The highest BCUT2D eigenvalue weighted by atomic mass is 16.2. The van der Waals surface area contributed by atoms with Crippen LogP contribution in [0.4, 0.5) is 5.69 Å². The van der Waals surface area contributed by atoms with Crippen molar-refractivity contribution in [2.45, 2.75) is 32.4 Å². The van der Waals surface area contributed by atoms with Crippen LogP contribution < -0.4 is 16.0 Å². The van der Waals surface area contributed by atoms with Gasteiger partial charge in [-0.2, -0.15) is 0 Å². The van der Waals surface area contributed by atoms with Crippen LogP contribution >= 0.6 is 0 Å². The summed E-state index contributed by atoms with van der Waals surface area (Å²) in [5.41, 5.74) is 7.35. The Morgan fingerprint density at radius 1 is 1.53 bits per heavy atom. The number of carbonyl (C=O) groups is 2. The summed E-state index contributed by atoms with van der Waals surface area (Å²) in [6.45, 7) is 2.85. The van der Waals surface area contributed by atoms with Gasteiger partial charge >= 0.3 is 0 Å². The second kappa shape index (κ2) is 5.84. The number of benzene rings is 1. The van der Waals surface area contributed by atoms with Gasteiger partial charge in [0.25, 0.3) is 0 Å². The molecule has 5 heteroatoms. The van der Waals surface area contributed by atoms with Crippen molar-refractivity contribution in [1.29, 1.82) is 0 Å². The number of nitrogens with two attached hydrogens (primary N) is 1. The number of nitrogens with one attached hydrogen (secondary N) is 1. The molecule has 1 aliphatic rings. The molecule has 0 aliphatic carbocycles. The average molecular weight is 261 g/mol. The van der Waals surface area contributed by atoms with Crippen LogP contribution in [-0.2, 0) is 16.1 Å². The standard InChI is InChI=1S/C14H19N3O2/c1-10(15)14(19)16-9-11-4-2-5-12(8-11)17-7-3-6-13(17)18/h2,4-5,8,10H,3,6-7,9,15H2,1H3,(H,16,19)/t10-/m1/s1. The molecule has 1 heterocycles. The van der Waals surface area contributed by atoms with Crippen molar-refractivity contribution in [2.75, 3.05) is 11.4 Å². The summed E-state index contributed by atoms with van der Waals surface area (Å²) < 4.78 is 0. The van der Waals surface area contributed by atoms with E-state index in [9.17, 15) is 9.59 Å². The van der Waals surface area contributed by atoms with Gasteiger partial charge in [-0.15, -0.1) is 0 Å². The predicted molar refractivity (Wildman–Crippen MR) is 73.5 cm³/mol. The molecule has 1 aromatic carbocycles. The quantitative estimate of drug-likeness (QED) is 0.841. The third-order valence-electron chi connectivity index (χ3n) is 3.18. The van der Waals surface area contributed by atoms with Crippen LogP contribution in [0.2, 0.25) is 0 Å². The van der Waals surface area contributed by atoms with E-state index in [1.165, 1.54) is 0 Å². The number of hydrogen-bond acceptors (Lipinski definition) is 3. The van der Waals surface area contributed by atoms with Crippen LogP contribution in [0.5, 0.6) is 0 Å². The van der Waals surface area contributed by atoms with Crippen molar-refractivity contribution < 1.29 is 9.59 Å². The van der Waals surface area contributed by atoms with Crippen molar-refractivity contribution >= 4 is 17.5 Å². The first-order valence-corrected chi connectivity index (χ1v) is 6.50. The van der Waals surface area contributed by atoms with Crippen LogP contribution in [0.25, 0.3) is 0 Å². The highest BCUT2D eigenvalue weighted by Gasteiger charge is 2.21. The van der Waals surface area contributed by atoms with E-state index < -0.39 is 6.04 Å². The Labute approximate surface area is 112 Å². The zero-order chi connectivity index (χ0) is 13.8. The normalized spacial score (nSPS) is 16.5. The Morgan fingerprint density at radius 2 is 2.32 bits per heavy atom. The van der Waals surface area contributed by atoms with Crippen molar-refractivity contribution in [3.63, 3.8) is 0 Å². The highest BCUT2D eigenvalue weighted by Crippen LogP contribution is 2.22. The molecule has 1 atom stereocenters. The molecule has 0 spiro atoms. The van der Waals surface area contributed by atoms with Gasteiger partial charge in [-0.3, -0.25) is 9.59 Å².